The summed E-state index contributed by atoms with van der Waals surface area (Å²) in [7, 11) is 0. The third-order valence-electron chi connectivity index (χ3n) is 7.01. The van der Waals surface area contributed by atoms with E-state index in [1.165, 1.54) is 109 Å². The van der Waals surface area contributed by atoms with Crippen LogP contribution in [0.15, 0.2) is 0 Å². The molecule has 0 spiro atoms. The molecule has 0 heterocycles. The molecule has 0 aromatic carbocycles. The summed E-state index contributed by atoms with van der Waals surface area (Å²) in [5, 5.41) is 8.96. The van der Waals surface area contributed by atoms with E-state index in [0.29, 0.717) is 6.42 Å². The average Bonchev–Trinajstić information content (AvgIpc) is 2.85. The Bertz CT molecular complexity index is 475. The van der Waals surface area contributed by atoms with E-state index in [1.807, 2.05) is 13.8 Å². The van der Waals surface area contributed by atoms with Gasteiger partial charge in [-0.3, -0.25) is 9.59 Å². The second-order valence-corrected chi connectivity index (χ2v) is 11.3. The van der Waals surface area contributed by atoms with Crippen molar-refractivity contribution in [2.45, 2.75) is 195 Å². The van der Waals surface area contributed by atoms with Gasteiger partial charge in [-0.1, -0.05) is 149 Å². The molecule has 222 valence electrons. The maximum atomic E-state index is 11.4. The molecule has 0 fully saturated rings. The van der Waals surface area contributed by atoms with Gasteiger partial charge in [0.1, 0.15) is 0 Å². The third-order valence-corrected chi connectivity index (χ3v) is 7.01. The Kier molecular flexibility index (Phi) is 32.1. The summed E-state index contributed by atoms with van der Waals surface area (Å²) in [4.78, 5) is 22.2. The van der Waals surface area contributed by atoms with Crippen LogP contribution in [0.25, 0.3) is 0 Å². The number of esters is 1. The van der Waals surface area contributed by atoms with Crippen LogP contribution in [0, 0.1) is 5.92 Å². The average molecular weight is 527 g/mol. The quantitative estimate of drug-likeness (QED) is 0.0899. The summed E-state index contributed by atoms with van der Waals surface area (Å²) < 4.78 is 5.13. The van der Waals surface area contributed by atoms with Crippen molar-refractivity contribution in [1.29, 1.82) is 0 Å². The van der Waals surface area contributed by atoms with Gasteiger partial charge < -0.3 is 9.84 Å². The number of carbonyl (C=O) groups is 2. The Morgan fingerprint density at radius 1 is 0.541 bits per heavy atom. The van der Waals surface area contributed by atoms with E-state index in [9.17, 15) is 9.59 Å². The maximum Gasteiger partial charge on any atom is 0.306 e. The number of hydrogen-bond donors (Lipinski definition) is 1. The van der Waals surface area contributed by atoms with Crippen LogP contribution in [0.4, 0.5) is 0 Å². The zero-order chi connectivity index (χ0) is 28.0. The van der Waals surface area contributed by atoms with Crippen molar-refractivity contribution >= 4 is 11.9 Å². The van der Waals surface area contributed by atoms with Crippen molar-refractivity contribution in [3.8, 4) is 0 Å². The standard InChI is InChI=1S/C21H42O2.C12H24O2/c1-4-5-6-7-8-9-10-11-12-13-14-15-16-17-18-19-21(22)23-20(2)3;1-3-5-7-8-10-11(12(13)14)9-6-4-2/h20H,4-19H2,1-3H3;11H,3-10H2,1-2H3,(H,13,14). The fraction of sp³-hybridized carbons (Fsp3) is 0.939. The predicted octanol–water partition coefficient (Wildman–Crippen LogP) is 11.0. The van der Waals surface area contributed by atoms with Crippen LogP contribution in [-0.4, -0.2) is 23.1 Å². The van der Waals surface area contributed by atoms with Gasteiger partial charge in [-0.2, -0.15) is 0 Å². The number of aliphatic carboxylic acids is 1. The van der Waals surface area contributed by atoms with Crippen LogP contribution in [0.1, 0.15) is 189 Å². The Morgan fingerprint density at radius 2 is 0.892 bits per heavy atom. The predicted molar refractivity (Wildman–Crippen MR) is 160 cm³/mol. The summed E-state index contributed by atoms with van der Waals surface area (Å²) in [6.45, 7) is 10.4. The Hall–Kier alpha value is -1.06. The first-order valence-corrected chi connectivity index (χ1v) is 16.3. The van der Waals surface area contributed by atoms with Gasteiger partial charge in [0.2, 0.25) is 0 Å². The molecule has 4 heteroatoms. The number of rotatable bonds is 26. The van der Waals surface area contributed by atoms with Crippen LogP contribution in [0.5, 0.6) is 0 Å². The largest absolute Gasteiger partial charge is 0.481 e. The molecule has 0 aromatic heterocycles. The fourth-order valence-corrected chi connectivity index (χ4v) is 4.62. The Morgan fingerprint density at radius 3 is 1.27 bits per heavy atom. The lowest BCUT2D eigenvalue weighted by atomic mass is 9.95. The van der Waals surface area contributed by atoms with Gasteiger partial charge in [0.15, 0.2) is 0 Å². The topological polar surface area (TPSA) is 63.6 Å². The molecule has 0 radical (unpaired) electrons. The zero-order valence-electron chi connectivity index (χ0n) is 25.8. The summed E-state index contributed by atoms with van der Waals surface area (Å²) >= 11 is 0. The molecule has 1 unspecified atom stereocenters. The number of unbranched alkanes of at least 4 members (excludes halogenated alkanes) is 18. The molecule has 0 bridgehead atoms. The van der Waals surface area contributed by atoms with E-state index in [4.69, 9.17) is 9.84 Å². The molecule has 4 nitrogen and oxygen atoms in total. The fourth-order valence-electron chi connectivity index (χ4n) is 4.62. The van der Waals surface area contributed by atoms with E-state index < -0.39 is 5.97 Å². The number of carboxylic acid groups (broad SMARTS) is 1. The molecule has 0 amide bonds. The van der Waals surface area contributed by atoms with Gasteiger partial charge in [-0.05, 0) is 33.1 Å². The van der Waals surface area contributed by atoms with Crippen LogP contribution in [0.3, 0.4) is 0 Å². The van der Waals surface area contributed by atoms with Gasteiger partial charge in [-0.15, -0.1) is 0 Å². The zero-order valence-corrected chi connectivity index (χ0v) is 25.8. The SMILES string of the molecule is CCCCCCC(CCCC)C(=O)O.CCCCCCCCCCCCCCCCCC(=O)OC(C)C. The lowest BCUT2D eigenvalue weighted by Gasteiger charge is -2.10. The van der Waals surface area contributed by atoms with Crippen LogP contribution >= 0.6 is 0 Å². The van der Waals surface area contributed by atoms with E-state index in [1.54, 1.807) is 0 Å². The van der Waals surface area contributed by atoms with Crippen LogP contribution < -0.4 is 0 Å². The number of ether oxygens (including phenoxy) is 1. The minimum Gasteiger partial charge on any atom is -0.481 e. The van der Waals surface area contributed by atoms with E-state index in [-0.39, 0.29) is 18.0 Å². The van der Waals surface area contributed by atoms with Crippen molar-refractivity contribution in [3.05, 3.63) is 0 Å². The molecule has 1 atom stereocenters. The number of carboxylic acids is 1. The minimum atomic E-state index is -0.602. The molecule has 1 N–H and O–H groups in total. The summed E-state index contributed by atoms with van der Waals surface area (Å²) in [5.41, 5.74) is 0. The molecule has 0 aliphatic carbocycles. The maximum absolute atomic E-state index is 11.4. The van der Waals surface area contributed by atoms with Crippen molar-refractivity contribution < 1.29 is 19.4 Å². The van der Waals surface area contributed by atoms with E-state index >= 15 is 0 Å². The van der Waals surface area contributed by atoms with Crippen LogP contribution in [0.2, 0.25) is 0 Å². The second-order valence-electron chi connectivity index (χ2n) is 11.3. The molecule has 37 heavy (non-hydrogen) atoms. The molecule has 0 aliphatic rings. The number of carbonyl (C=O) groups excluding carboxylic acids is 1. The molecule has 0 aromatic rings. The number of hydrogen-bond acceptors (Lipinski definition) is 3. The molecular formula is C33H66O4. The minimum absolute atomic E-state index is 0.0267. The highest BCUT2D eigenvalue weighted by Gasteiger charge is 2.15. The first-order valence-electron chi connectivity index (χ1n) is 16.3. The van der Waals surface area contributed by atoms with Crippen molar-refractivity contribution in [3.63, 3.8) is 0 Å². The van der Waals surface area contributed by atoms with Gasteiger partial charge in [0.05, 0.1) is 12.0 Å². The molecule has 0 saturated carbocycles. The summed E-state index contributed by atoms with van der Waals surface area (Å²) in [6.07, 6.45) is 29.5. The van der Waals surface area contributed by atoms with Crippen LogP contribution in [-0.2, 0) is 14.3 Å². The lowest BCUT2D eigenvalue weighted by Crippen LogP contribution is -2.13. The van der Waals surface area contributed by atoms with E-state index in [0.717, 1.165) is 38.5 Å². The highest BCUT2D eigenvalue weighted by molar-refractivity contribution is 5.70. The summed E-state index contributed by atoms with van der Waals surface area (Å²) in [6, 6.07) is 0. The highest BCUT2D eigenvalue weighted by atomic mass is 16.5. The molecule has 0 aliphatic heterocycles. The van der Waals surface area contributed by atoms with Gasteiger partial charge in [-0.25, -0.2) is 0 Å². The Balaban J connectivity index is 0. The smallest absolute Gasteiger partial charge is 0.306 e. The molecule has 0 rings (SSSR count). The monoisotopic (exact) mass is 526 g/mol. The van der Waals surface area contributed by atoms with Crippen molar-refractivity contribution in [1.82, 2.24) is 0 Å². The van der Waals surface area contributed by atoms with Crippen molar-refractivity contribution in [2.75, 3.05) is 0 Å². The lowest BCUT2D eigenvalue weighted by molar-refractivity contribution is -0.147. The second kappa shape index (κ2) is 31.2. The molecular weight excluding hydrogens is 460 g/mol. The highest BCUT2D eigenvalue weighted by Crippen LogP contribution is 2.17. The van der Waals surface area contributed by atoms with Gasteiger partial charge in [0, 0.05) is 6.42 Å². The molecule has 0 saturated heterocycles. The van der Waals surface area contributed by atoms with E-state index in [2.05, 4.69) is 20.8 Å². The Labute approximate surface area is 232 Å². The van der Waals surface area contributed by atoms with Gasteiger partial charge in [0.25, 0.3) is 0 Å². The summed E-state index contributed by atoms with van der Waals surface area (Å²) in [5.74, 6) is -0.726. The normalized spacial score (nSPS) is 11.7. The third kappa shape index (κ3) is 32.9. The van der Waals surface area contributed by atoms with Crippen molar-refractivity contribution in [2.24, 2.45) is 5.92 Å². The first-order chi connectivity index (χ1) is 17.9. The van der Waals surface area contributed by atoms with Gasteiger partial charge >= 0.3 is 11.9 Å². The first kappa shape index (κ1) is 38.1.